The number of nitrogens with two attached hydrogens (primary N) is 1. The van der Waals surface area contributed by atoms with Crippen LogP contribution in [0, 0.1) is 11.2 Å². The van der Waals surface area contributed by atoms with Crippen LogP contribution in [-0.4, -0.2) is 48.6 Å². The molecule has 0 aromatic heterocycles. The van der Waals surface area contributed by atoms with Gasteiger partial charge in [0.25, 0.3) is 5.91 Å². The number of nitrogens with one attached hydrogen (secondary N) is 1. The number of carboxylic acids is 1. The molecule has 3 saturated carbocycles. The number of benzene rings is 2. The zero-order chi connectivity index (χ0) is 28.3. The molecule has 0 unspecified atom stereocenters. The number of anilines is 1. The molecule has 2 aromatic rings. The minimum absolute atomic E-state index is 0.153. The van der Waals surface area contributed by atoms with Crippen molar-refractivity contribution in [2.24, 2.45) is 11.1 Å². The molecule has 208 valence electrons. The maximum absolute atomic E-state index is 15.3. The van der Waals surface area contributed by atoms with Crippen LogP contribution in [0.15, 0.2) is 35.2 Å². The molecule has 9 nitrogen and oxygen atoms in total. The summed E-state index contributed by atoms with van der Waals surface area (Å²) < 4.78 is 41.5. The first kappa shape index (κ1) is 27.8. The van der Waals surface area contributed by atoms with Crippen LogP contribution in [0.4, 0.5) is 10.1 Å². The number of carbonyl (C=O) groups excluding carboxylic acids is 2. The second-order valence-corrected chi connectivity index (χ2v) is 13.5. The Morgan fingerprint density at radius 2 is 1.72 bits per heavy atom. The van der Waals surface area contributed by atoms with Crippen LogP contribution in [0.5, 0.6) is 0 Å². The van der Waals surface area contributed by atoms with E-state index in [0.29, 0.717) is 44.1 Å². The zero-order valence-electron chi connectivity index (χ0n) is 20.7. The van der Waals surface area contributed by atoms with Crippen molar-refractivity contribution < 1.29 is 32.3 Å². The monoisotopic (exact) mass is 597 g/mol. The van der Waals surface area contributed by atoms with Crippen LogP contribution >= 0.6 is 23.2 Å². The van der Waals surface area contributed by atoms with E-state index in [-0.39, 0.29) is 22.3 Å². The van der Waals surface area contributed by atoms with E-state index in [1.807, 2.05) is 0 Å². The first-order chi connectivity index (χ1) is 18.3. The Balaban J connectivity index is 1.52. The van der Waals surface area contributed by atoms with E-state index in [2.05, 4.69) is 5.32 Å². The topological polar surface area (TPSA) is 147 Å². The predicted octanol–water partition coefficient (Wildman–Crippen LogP) is 3.69. The lowest BCUT2D eigenvalue weighted by molar-refractivity contribution is -0.156. The van der Waals surface area contributed by atoms with Gasteiger partial charge in [-0.05, 0) is 68.4 Å². The van der Waals surface area contributed by atoms with Crippen LogP contribution < -0.4 is 16.0 Å². The minimum atomic E-state index is -4.18. The van der Waals surface area contributed by atoms with Crippen molar-refractivity contribution in [1.29, 1.82) is 0 Å². The number of nitrogens with zero attached hydrogens (tertiary/aromatic N) is 1. The predicted molar refractivity (Wildman–Crippen MR) is 142 cm³/mol. The van der Waals surface area contributed by atoms with Gasteiger partial charge in [-0.25, -0.2) is 12.8 Å². The van der Waals surface area contributed by atoms with Crippen molar-refractivity contribution in [3.05, 3.63) is 57.3 Å². The number of sulfone groups is 1. The lowest BCUT2D eigenvalue weighted by Crippen LogP contribution is -2.58. The van der Waals surface area contributed by atoms with Gasteiger partial charge in [-0.2, -0.15) is 0 Å². The zero-order valence-corrected chi connectivity index (χ0v) is 23.0. The molecule has 1 aliphatic heterocycles. The third-order valence-electron chi connectivity index (χ3n) is 8.30. The average Bonchev–Trinajstić information content (AvgIpc) is 2.95. The SMILES string of the molecule is N[C@H]1CS(=O)(=O)c2cc(F)c(C(=O)NC34CCC(C(=O)O)(CC3)CC4)cc2N(Cc2ccc(Cl)c(Cl)c2)C1=O. The molecule has 4 aliphatic rings. The van der Waals surface area contributed by atoms with Gasteiger partial charge in [0.05, 0.1) is 49.9 Å². The van der Waals surface area contributed by atoms with Gasteiger partial charge < -0.3 is 21.1 Å². The van der Waals surface area contributed by atoms with E-state index in [4.69, 9.17) is 28.9 Å². The molecule has 6 rings (SSSR count). The molecular formula is C26H26Cl2FN3O6S. The summed E-state index contributed by atoms with van der Waals surface area (Å²) in [5, 5.41) is 13.0. The molecule has 0 radical (unpaired) electrons. The molecule has 2 bridgehead atoms. The quantitative estimate of drug-likeness (QED) is 0.476. The normalized spacial score (nSPS) is 27.5. The van der Waals surface area contributed by atoms with Gasteiger partial charge in [0.15, 0.2) is 9.84 Å². The van der Waals surface area contributed by atoms with E-state index in [9.17, 15) is 27.9 Å². The first-order valence-corrected chi connectivity index (χ1v) is 14.8. The highest BCUT2D eigenvalue weighted by Gasteiger charge is 2.53. The average molecular weight is 598 g/mol. The van der Waals surface area contributed by atoms with E-state index < -0.39 is 66.6 Å². The number of carboxylic acid groups (broad SMARTS) is 1. The number of aliphatic carboxylic acids is 1. The summed E-state index contributed by atoms with van der Waals surface area (Å²) in [5.74, 6) is -4.12. The molecule has 0 saturated heterocycles. The molecule has 13 heteroatoms. The maximum atomic E-state index is 15.3. The van der Waals surface area contributed by atoms with Crippen molar-refractivity contribution >= 4 is 56.5 Å². The van der Waals surface area contributed by atoms with Gasteiger partial charge in [0, 0.05) is 5.54 Å². The third-order valence-corrected chi connectivity index (χ3v) is 10.8. The fourth-order valence-electron chi connectivity index (χ4n) is 5.88. The standard InChI is InChI=1S/C26H26Cl2FN3O6S/c27-16-2-1-14(9-17(16)28)12-32-20-10-15(18(29)11-21(20)39(37,38)13-19(30)23(32)34)22(33)31-26-6-3-25(4-7-26,5-8-26)24(35)36/h1-2,9-11,19H,3-8,12-13,30H2,(H,31,33)(H,35,36)/t19-,25?,26?/m0/s1. The second-order valence-electron chi connectivity index (χ2n) is 10.7. The largest absolute Gasteiger partial charge is 0.481 e. The highest BCUT2D eigenvalue weighted by molar-refractivity contribution is 7.91. The smallest absolute Gasteiger partial charge is 0.309 e. The molecule has 3 aliphatic carbocycles. The molecule has 39 heavy (non-hydrogen) atoms. The molecule has 1 heterocycles. The Morgan fingerprint density at radius 1 is 1.08 bits per heavy atom. The summed E-state index contributed by atoms with van der Waals surface area (Å²) in [4.78, 5) is 39.0. The second kappa shape index (κ2) is 9.72. The first-order valence-electron chi connectivity index (χ1n) is 12.4. The van der Waals surface area contributed by atoms with Crippen molar-refractivity contribution in [3.63, 3.8) is 0 Å². The third kappa shape index (κ3) is 4.90. The number of halogens is 3. The molecule has 4 N–H and O–H groups in total. The number of hydrogen-bond acceptors (Lipinski definition) is 6. The van der Waals surface area contributed by atoms with Gasteiger partial charge in [0.1, 0.15) is 5.82 Å². The van der Waals surface area contributed by atoms with Gasteiger partial charge in [-0.1, -0.05) is 29.3 Å². The lowest BCUT2D eigenvalue weighted by Gasteiger charge is -2.51. The van der Waals surface area contributed by atoms with Gasteiger partial charge in [0.2, 0.25) is 5.91 Å². The van der Waals surface area contributed by atoms with E-state index in [1.54, 1.807) is 6.07 Å². The molecule has 3 fully saturated rings. The fourth-order valence-corrected chi connectivity index (χ4v) is 7.77. The summed E-state index contributed by atoms with van der Waals surface area (Å²) in [7, 11) is -4.18. The molecular weight excluding hydrogens is 572 g/mol. The minimum Gasteiger partial charge on any atom is -0.481 e. The Labute approximate surface area is 234 Å². The summed E-state index contributed by atoms with van der Waals surface area (Å²) in [6.07, 6.45) is 2.50. The van der Waals surface area contributed by atoms with Gasteiger partial charge in [-0.3, -0.25) is 14.4 Å². The number of carbonyl (C=O) groups is 3. The summed E-state index contributed by atoms with van der Waals surface area (Å²) >= 11 is 12.1. The molecule has 0 spiro atoms. The van der Waals surface area contributed by atoms with Crippen molar-refractivity contribution in [3.8, 4) is 0 Å². The van der Waals surface area contributed by atoms with Crippen molar-refractivity contribution in [2.75, 3.05) is 10.7 Å². The number of hydrogen-bond donors (Lipinski definition) is 3. The maximum Gasteiger partial charge on any atom is 0.309 e. The van der Waals surface area contributed by atoms with Crippen LogP contribution in [0.1, 0.15) is 54.4 Å². The van der Waals surface area contributed by atoms with E-state index >= 15 is 4.39 Å². The van der Waals surface area contributed by atoms with Crippen LogP contribution in [0.2, 0.25) is 10.0 Å². The number of amides is 2. The molecule has 2 aromatic carbocycles. The Kier molecular flexibility index (Phi) is 6.94. The lowest BCUT2D eigenvalue weighted by atomic mass is 9.57. The van der Waals surface area contributed by atoms with Crippen LogP contribution in [0.25, 0.3) is 0 Å². The van der Waals surface area contributed by atoms with E-state index in [0.717, 1.165) is 17.0 Å². The Morgan fingerprint density at radius 3 is 2.31 bits per heavy atom. The Bertz CT molecular complexity index is 1490. The summed E-state index contributed by atoms with van der Waals surface area (Å²) in [6.45, 7) is -0.153. The molecule has 1 atom stereocenters. The number of rotatable bonds is 5. The summed E-state index contributed by atoms with van der Waals surface area (Å²) in [6, 6.07) is 5.04. The fraction of sp³-hybridized carbons (Fsp3) is 0.423. The van der Waals surface area contributed by atoms with Gasteiger partial charge in [-0.15, -0.1) is 0 Å². The highest BCUT2D eigenvalue weighted by atomic mass is 35.5. The number of fused-ring (bicyclic) bond motifs is 4. The van der Waals surface area contributed by atoms with Crippen molar-refractivity contribution in [2.45, 2.75) is 61.5 Å². The Hall–Kier alpha value is -2.73. The van der Waals surface area contributed by atoms with Gasteiger partial charge >= 0.3 is 5.97 Å². The highest BCUT2D eigenvalue weighted by Crippen LogP contribution is 2.52. The van der Waals surface area contributed by atoms with Crippen LogP contribution in [0.3, 0.4) is 0 Å². The van der Waals surface area contributed by atoms with Crippen LogP contribution in [-0.2, 0) is 26.0 Å². The molecule has 2 amide bonds. The summed E-state index contributed by atoms with van der Waals surface area (Å²) in [5.41, 5.74) is 4.37. The van der Waals surface area contributed by atoms with E-state index in [1.165, 1.54) is 12.1 Å². The van der Waals surface area contributed by atoms with Crippen molar-refractivity contribution in [1.82, 2.24) is 5.32 Å².